The van der Waals surface area contributed by atoms with Gasteiger partial charge >= 0.3 is 0 Å². The van der Waals surface area contributed by atoms with Crippen molar-refractivity contribution in [3.63, 3.8) is 0 Å². The van der Waals surface area contributed by atoms with Crippen molar-refractivity contribution >= 4 is 11.0 Å². The van der Waals surface area contributed by atoms with Gasteiger partial charge in [0.1, 0.15) is 11.3 Å². The van der Waals surface area contributed by atoms with E-state index in [2.05, 4.69) is 5.48 Å². The predicted molar refractivity (Wildman–Crippen MR) is 49.6 cm³/mol. The first kappa shape index (κ1) is 8.29. The molecule has 3 nitrogen and oxygen atoms in total. The van der Waals surface area contributed by atoms with E-state index in [0.717, 1.165) is 22.3 Å². The normalized spacial score (nSPS) is 10.9. The molecule has 0 fully saturated rings. The van der Waals surface area contributed by atoms with E-state index in [1.807, 2.05) is 31.2 Å². The molecule has 3 heteroatoms. The molecule has 1 aromatic carbocycles. The Morgan fingerprint density at radius 3 is 2.92 bits per heavy atom. The average Bonchev–Trinajstić information content (AvgIpc) is 2.44. The quantitative estimate of drug-likeness (QED) is 0.691. The van der Waals surface area contributed by atoms with Crippen LogP contribution in [0.4, 0.5) is 0 Å². The Bertz CT molecular complexity index is 420. The Morgan fingerprint density at radius 2 is 2.15 bits per heavy atom. The van der Waals surface area contributed by atoms with Crippen molar-refractivity contribution in [2.45, 2.75) is 13.5 Å². The monoisotopic (exact) mass is 177 g/mol. The molecule has 0 saturated carbocycles. The van der Waals surface area contributed by atoms with Gasteiger partial charge in [0, 0.05) is 17.5 Å². The molecule has 1 heterocycles. The van der Waals surface area contributed by atoms with Gasteiger partial charge in [0.2, 0.25) is 0 Å². The second kappa shape index (κ2) is 3.20. The maximum Gasteiger partial charge on any atom is 0.134 e. The van der Waals surface area contributed by atoms with Gasteiger partial charge in [0.25, 0.3) is 0 Å². The molecule has 0 aliphatic rings. The molecule has 13 heavy (non-hydrogen) atoms. The molecule has 0 saturated heterocycles. The first-order chi connectivity index (χ1) is 6.33. The highest BCUT2D eigenvalue weighted by Gasteiger charge is 2.08. The number of hydrogen-bond acceptors (Lipinski definition) is 3. The van der Waals surface area contributed by atoms with Crippen LogP contribution < -0.4 is 5.48 Å². The van der Waals surface area contributed by atoms with Gasteiger partial charge in [-0.15, -0.1) is 0 Å². The third-order valence-corrected chi connectivity index (χ3v) is 2.16. The van der Waals surface area contributed by atoms with Crippen molar-refractivity contribution in [3.05, 3.63) is 35.6 Å². The molecule has 0 atom stereocenters. The molecular formula is C10H11NO2. The highest BCUT2D eigenvalue weighted by Crippen LogP contribution is 2.24. The Labute approximate surface area is 75.9 Å². The summed E-state index contributed by atoms with van der Waals surface area (Å²) in [6, 6.07) is 7.79. The summed E-state index contributed by atoms with van der Waals surface area (Å²) in [5.74, 6) is 0.850. The zero-order valence-corrected chi connectivity index (χ0v) is 7.37. The lowest BCUT2D eigenvalue weighted by atomic mass is 10.1. The van der Waals surface area contributed by atoms with Crippen molar-refractivity contribution in [1.82, 2.24) is 5.48 Å². The molecule has 2 aromatic rings. The van der Waals surface area contributed by atoms with E-state index in [9.17, 15) is 0 Å². The lowest BCUT2D eigenvalue weighted by Gasteiger charge is -1.95. The van der Waals surface area contributed by atoms with Gasteiger partial charge in [-0.25, -0.2) is 5.48 Å². The summed E-state index contributed by atoms with van der Waals surface area (Å²) in [7, 11) is 0. The van der Waals surface area contributed by atoms with Crippen LogP contribution in [0, 0.1) is 6.92 Å². The molecule has 0 aliphatic heterocycles. The van der Waals surface area contributed by atoms with Crippen LogP contribution in [-0.2, 0) is 6.54 Å². The Morgan fingerprint density at radius 1 is 1.38 bits per heavy atom. The van der Waals surface area contributed by atoms with Crippen LogP contribution in [0.25, 0.3) is 11.0 Å². The Hall–Kier alpha value is -1.32. The summed E-state index contributed by atoms with van der Waals surface area (Å²) in [4.78, 5) is 0. The molecule has 0 unspecified atom stereocenters. The first-order valence-electron chi connectivity index (χ1n) is 4.17. The fourth-order valence-electron chi connectivity index (χ4n) is 1.52. The Kier molecular flexibility index (Phi) is 2.04. The molecule has 68 valence electrons. The van der Waals surface area contributed by atoms with Gasteiger partial charge < -0.3 is 9.62 Å². The molecule has 1 aromatic heterocycles. The van der Waals surface area contributed by atoms with Gasteiger partial charge in [0.05, 0.1) is 0 Å². The molecule has 2 rings (SSSR count). The molecular weight excluding hydrogens is 166 g/mol. The maximum atomic E-state index is 8.63. The Balaban J connectivity index is 2.64. The number of fused-ring (bicyclic) bond motifs is 1. The van der Waals surface area contributed by atoms with Crippen molar-refractivity contribution in [3.8, 4) is 0 Å². The number of nitrogens with one attached hydrogen (secondary N) is 1. The third kappa shape index (κ3) is 1.32. The van der Waals surface area contributed by atoms with E-state index >= 15 is 0 Å². The fourth-order valence-corrected chi connectivity index (χ4v) is 1.52. The zero-order chi connectivity index (χ0) is 9.26. The summed E-state index contributed by atoms with van der Waals surface area (Å²) in [5.41, 5.74) is 4.02. The van der Waals surface area contributed by atoms with Crippen molar-refractivity contribution in [2.24, 2.45) is 0 Å². The number of hydrogen-bond donors (Lipinski definition) is 2. The summed E-state index contributed by atoms with van der Waals surface area (Å²) in [6.07, 6.45) is 0. The van der Waals surface area contributed by atoms with Crippen LogP contribution in [0.15, 0.2) is 28.7 Å². The molecule has 0 aliphatic carbocycles. The summed E-state index contributed by atoms with van der Waals surface area (Å²) in [5, 5.41) is 9.69. The van der Waals surface area contributed by atoms with E-state index in [0.29, 0.717) is 6.54 Å². The second-order valence-electron chi connectivity index (χ2n) is 2.97. The number of aryl methyl sites for hydroxylation is 1. The molecule has 0 radical (unpaired) electrons. The average molecular weight is 177 g/mol. The largest absolute Gasteiger partial charge is 0.461 e. The first-order valence-corrected chi connectivity index (χ1v) is 4.17. The van der Waals surface area contributed by atoms with Gasteiger partial charge in [-0.05, 0) is 13.0 Å². The standard InChI is InChI=1S/C10H11NO2/c1-7-9(6-11-12)8-4-2-3-5-10(8)13-7/h2-5,11-12H,6H2,1H3. The van der Waals surface area contributed by atoms with Crippen LogP contribution in [0.2, 0.25) is 0 Å². The summed E-state index contributed by atoms with van der Waals surface area (Å²) >= 11 is 0. The molecule has 0 bridgehead atoms. The minimum Gasteiger partial charge on any atom is -0.461 e. The molecule has 0 spiro atoms. The minimum atomic E-state index is 0.419. The van der Waals surface area contributed by atoms with E-state index in [4.69, 9.17) is 9.62 Å². The maximum absolute atomic E-state index is 8.63. The van der Waals surface area contributed by atoms with Crippen LogP contribution in [0.1, 0.15) is 11.3 Å². The summed E-state index contributed by atoms with van der Waals surface area (Å²) < 4.78 is 5.50. The third-order valence-electron chi connectivity index (χ3n) is 2.16. The van der Waals surface area contributed by atoms with Crippen LogP contribution in [-0.4, -0.2) is 5.21 Å². The number of hydroxylamine groups is 1. The topological polar surface area (TPSA) is 45.4 Å². The lowest BCUT2D eigenvalue weighted by Crippen LogP contribution is -2.06. The second-order valence-corrected chi connectivity index (χ2v) is 2.97. The number of para-hydroxylation sites is 1. The van der Waals surface area contributed by atoms with E-state index < -0.39 is 0 Å². The fraction of sp³-hybridized carbons (Fsp3) is 0.200. The van der Waals surface area contributed by atoms with E-state index in [1.165, 1.54) is 0 Å². The number of furan rings is 1. The summed E-state index contributed by atoms with van der Waals surface area (Å²) in [6.45, 7) is 2.32. The predicted octanol–water partition coefficient (Wildman–Crippen LogP) is 2.22. The van der Waals surface area contributed by atoms with Crippen molar-refractivity contribution in [2.75, 3.05) is 0 Å². The molecule has 0 amide bonds. The van der Waals surface area contributed by atoms with Crippen LogP contribution in [0.5, 0.6) is 0 Å². The van der Waals surface area contributed by atoms with Gasteiger partial charge in [-0.2, -0.15) is 0 Å². The van der Waals surface area contributed by atoms with Crippen LogP contribution >= 0.6 is 0 Å². The zero-order valence-electron chi connectivity index (χ0n) is 7.37. The number of benzene rings is 1. The lowest BCUT2D eigenvalue weighted by molar-refractivity contribution is 0.161. The highest BCUT2D eigenvalue weighted by atomic mass is 16.5. The molecule has 2 N–H and O–H groups in total. The van der Waals surface area contributed by atoms with Crippen molar-refractivity contribution in [1.29, 1.82) is 0 Å². The smallest absolute Gasteiger partial charge is 0.134 e. The highest BCUT2D eigenvalue weighted by molar-refractivity contribution is 5.82. The number of rotatable bonds is 2. The van der Waals surface area contributed by atoms with Gasteiger partial charge in [0.15, 0.2) is 0 Å². The van der Waals surface area contributed by atoms with Crippen LogP contribution in [0.3, 0.4) is 0 Å². The van der Waals surface area contributed by atoms with Gasteiger partial charge in [-0.1, -0.05) is 18.2 Å². The van der Waals surface area contributed by atoms with E-state index in [1.54, 1.807) is 0 Å². The van der Waals surface area contributed by atoms with Crippen molar-refractivity contribution < 1.29 is 9.62 Å². The minimum absolute atomic E-state index is 0.419. The van der Waals surface area contributed by atoms with E-state index in [-0.39, 0.29) is 0 Å². The van der Waals surface area contributed by atoms with Gasteiger partial charge in [-0.3, -0.25) is 0 Å². The SMILES string of the molecule is Cc1oc2ccccc2c1CNO.